The standard InChI is InChI=1S/C19H22N4O3/c24-13-18(25)16-10-15-11-22(7-3-8-23(15)20-16)19(26)12-21-9-6-14-4-1-2-5-17(14)21/h1-2,4-6,9-10,18,24-25H,3,7-8,11-13H2/t18-/m1/s1. The van der Waals surface area contributed by atoms with Gasteiger partial charge in [0.15, 0.2) is 0 Å². The number of hydrogen-bond acceptors (Lipinski definition) is 4. The van der Waals surface area contributed by atoms with E-state index in [4.69, 9.17) is 5.11 Å². The molecule has 2 N–H and O–H groups in total. The van der Waals surface area contributed by atoms with Crippen LogP contribution < -0.4 is 0 Å². The summed E-state index contributed by atoms with van der Waals surface area (Å²) < 4.78 is 3.80. The van der Waals surface area contributed by atoms with Gasteiger partial charge in [0.05, 0.1) is 24.5 Å². The number of aliphatic hydroxyl groups is 2. The summed E-state index contributed by atoms with van der Waals surface area (Å²) in [5.41, 5.74) is 2.39. The fourth-order valence-electron chi connectivity index (χ4n) is 3.48. The summed E-state index contributed by atoms with van der Waals surface area (Å²) in [6.45, 7) is 1.78. The van der Waals surface area contributed by atoms with Crippen molar-refractivity contribution in [3.63, 3.8) is 0 Å². The van der Waals surface area contributed by atoms with Gasteiger partial charge in [-0.2, -0.15) is 5.10 Å². The molecule has 26 heavy (non-hydrogen) atoms. The van der Waals surface area contributed by atoms with E-state index in [1.54, 1.807) is 6.07 Å². The van der Waals surface area contributed by atoms with Crippen molar-refractivity contribution in [3.8, 4) is 0 Å². The third kappa shape index (κ3) is 3.11. The Morgan fingerprint density at radius 3 is 2.92 bits per heavy atom. The third-order valence-electron chi connectivity index (χ3n) is 4.89. The van der Waals surface area contributed by atoms with Gasteiger partial charge in [0.1, 0.15) is 12.6 Å². The van der Waals surface area contributed by atoms with Gasteiger partial charge in [0, 0.05) is 24.8 Å². The molecule has 7 nitrogen and oxygen atoms in total. The Bertz CT molecular complexity index is 930. The zero-order valence-electron chi connectivity index (χ0n) is 14.5. The number of carbonyl (C=O) groups excluding carboxylic acids is 1. The molecule has 0 saturated heterocycles. The summed E-state index contributed by atoms with van der Waals surface area (Å²) in [6, 6.07) is 11.8. The number of rotatable bonds is 4. The Morgan fingerprint density at radius 1 is 1.23 bits per heavy atom. The largest absolute Gasteiger partial charge is 0.393 e. The molecule has 1 aromatic carbocycles. The number of hydrogen-bond donors (Lipinski definition) is 2. The van der Waals surface area contributed by atoms with Crippen LogP contribution in [0.1, 0.15) is 23.9 Å². The Morgan fingerprint density at radius 2 is 2.08 bits per heavy atom. The number of fused-ring (bicyclic) bond motifs is 2. The average Bonchev–Trinajstić information content (AvgIpc) is 3.19. The minimum Gasteiger partial charge on any atom is -0.393 e. The summed E-state index contributed by atoms with van der Waals surface area (Å²) in [6.07, 6.45) is 1.77. The van der Waals surface area contributed by atoms with Crippen LogP contribution in [0, 0.1) is 0 Å². The highest BCUT2D eigenvalue weighted by Crippen LogP contribution is 2.19. The predicted octanol–water partition coefficient (Wildman–Crippen LogP) is 1.30. The van der Waals surface area contributed by atoms with Crippen LogP contribution in [0.15, 0.2) is 42.6 Å². The van der Waals surface area contributed by atoms with Crippen LogP contribution >= 0.6 is 0 Å². The maximum atomic E-state index is 12.9. The number of aliphatic hydroxyl groups excluding tert-OH is 2. The van der Waals surface area contributed by atoms with E-state index < -0.39 is 6.10 Å². The summed E-state index contributed by atoms with van der Waals surface area (Å²) >= 11 is 0. The molecule has 136 valence electrons. The highest BCUT2D eigenvalue weighted by atomic mass is 16.3. The summed E-state index contributed by atoms with van der Waals surface area (Å²) in [4.78, 5) is 14.7. The van der Waals surface area contributed by atoms with Crippen molar-refractivity contribution in [2.45, 2.75) is 32.2 Å². The molecule has 1 aliphatic rings. The fraction of sp³-hybridized carbons (Fsp3) is 0.368. The van der Waals surface area contributed by atoms with Gasteiger partial charge in [-0.25, -0.2) is 0 Å². The molecular weight excluding hydrogens is 332 g/mol. The second-order valence-electron chi connectivity index (χ2n) is 6.65. The second kappa shape index (κ2) is 6.93. The van der Waals surface area contributed by atoms with E-state index in [2.05, 4.69) is 5.10 Å². The molecule has 7 heteroatoms. The number of carbonyl (C=O) groups is 1. The molecule has 1 amide bonds. The molecule has 0 unspecified atom stereocenters. The summed E-state index contributed by atoms with van der Waals surface area (Å²) in [7, 11) is 0. The minimum absolute atomic E-state index is 0.0604. The molecule has 4 rings (SSSR count). The Labute approximate surface area is 151 Å². The van der Waals surface area contributed by atoms with Crippen LogP contribution in [-0.2, 0) is 24.4 Å². The van der Waals surface area contributed by atoms with E-state index in [1.165, 1.54) is 0 Å². The van der Waals surface area contributed by atoms with Crippen molar-refractivity contribution < 1.29 is 15.0 Å². The highest BCUT2D eigenvalue weighted by molar-refractivity contribution is 5.83. The molecule has 0 radical (unpaired) electrons. The zero-order valence-corrected chi connectivity index (χ0v) is 14.5. The smallest absolute Gasteiger partial charge is 0.242 e. The number of aromatic nitrogens is 3. The first-order chi connectivity index (χ1) is 12.7. The molecule has 2 aromatic heterocycles. The lowest BCUT2D eigenvalue weighted by atomic mass is 10.2. The first-order valence-corrected chi connectivity index (χ1v) is 8.83. The van der Waals surface area contributed by atoms with Gasteiger partial charge in [0.25, 0.3) is 0 Å². The van der Waals surface area contributed by atoms with Crippen LogP contribution in [0.3, 0.4) is 0 Å². The molecule has 0 spiro atoms. The lowest BCUT2D eigenvalue weighted by Gasteiger charge is -2.20. The van der Waals surface area contributed by atoms with Gasteiger partial charge in [0.2, 0.25) is 5.91 Å². The van der Waals surface area contributed by atoms with Crippen LogP contribution in [0.25, 0.3) is 10.9 Å². The SMILES string of the molecule is O=C(Cn1ccc2ccccc21)N1CCCn2nc([C@H](O)CO)cc2C1. The Kier molecular flexibility index (Phi) is 4.48. The first kappa shape index (κ1) is 16.8. The number of para-hydroxylation sites is 1. The molecular formula is C19H22N4O3. The molecule has 3 aromatic rings. The monoisotopic (exact) mass is 354 g/mol. The van der Waals surface area contributed by atoms with E-state index in [9.17, 15) is 9.90 Å². The van der Waals surface area contributed by atoms with E-state index in [0.29, 0.717) is 31.9 Å². The molecule has 0 saturated carbocycles. The third-order valence-corrected chi connectivity index (χ3v) is 4.89. The maximum absolute atomic E-state index is 12.9. The Hall–Kier alpha value is -2.64. The summed E-state index contributed by atoms with van der Waals surface area (Å²) in [5.74, 6) is 0.0604. The maximum Gasteiger partial charge on any atom is 0.242 e. The summed E-state index contributed by atoms with van der Waals surface area (Å²) in [5, 5.41) is 24.4. The van der Waals surface area contributed by atoms with Crippen molar-refractivity contribution in [2.75, 3.05) is 13.2 Å². The van der Waals surface area contributed by atoms with Crippen molar-refractivity contribution in [2.24, 2.45) is 0 Å². The van der Waals surface area contributed by atoms with Crippen LogP contribution in [0.5, 0.6) is 0 Å². The van der Waals surface area contributed by atoms with Gasteiger partial charge in [-0.3, -0.25) is 9.48 Å². The number of benzene rings is 1. The number of aryl methyl sites for hydroxylation is 1. The molecule has 1 aliphatic heterocycles. The quantitative estimate of drug-likeness (QED) is 0.740. The normalized spacial score (nSPS) is 15.7. The van der Waals surface area contributed by atoms with Crippen molar-refractivity contribution in [1.29, 1.82) is 0 Å². The molecule has 3 heterocycles. The number of nitrogens with zero attached hydrogens (tertiary/aromatic N) is 4. The lowest BCUT2D eigenvalue weighted by molar-refractivity contribution is -0.132. The Balaban J connectivity index is 1.52. The first-order valence-electron chi connectivity index (χ1n) is 8.83. The molecule has 1 atom stereocenters. The average molecular weight is 354 g/mol. The molecule has 0 fully saturated rings. The van der Waals surface area contributed by atoms with Gasteiger partial charge < -0.3 is 19.7 Å². The lowest BCUT2D eigenvalue weighted by Crippen LogP contribution is -2.33. The molecule has 0 aliphatic carbocycles. The van der Waals surface area contributed by atoms with Crippen molar-refractivity contribution >= 4 is 16.8 Å². The van der Waals surface area contributed by atoms with Crippen LogP contribution in [0.4, 0.5) is 0 Å². The number of amides is 1. The van der Waals surface area contributed by atoms with Crippen molar-refractivity contribution in [1.82, 2.24) is 19.2 Å². The fourth-order valence-corrected chi connectivity index (χ4v) is 3.48. The van der Waals surface area contributed by atoms with E-state index in [-0.39, 0.29) is 12.5 Å². The topological polar surface area (TPSA) is 83.5 Å². The van der Waals surface area contributed by atoms with E-state index in [1.807, 2.05) is 50.7 Å². The van der Waals surface area contributed by atoms with Crippen LogP contribution in [-0.4, -0.2) is 48.5 Å². The predicted molar refractivity (Wildman–Crippen MR) is 96.2 cm³/mol. The zero-order chi connectivity index (χ0) is 18.1. The van der Waals surface area contributed by atoms with E-state index >= 15 is 0 Å². The second-order valence-corrected chi connectivity index (χ2v) is 6.65. The van der Waals surface area contributed by atoms with Gasteiger partial charge in [-0.05, 0) is 30.0 Å². The van der Waals surface area contributed by atoms with Gasteiger partial charge >= 0.3 is 0 Å². The van der Waals surface area contributed by atoms with Crippen LogP contribution in [0.2, 0.25) is 0 Å². The van der Waals surface area contributed by atoms with E-state index in [0.717, 1.165) is 23.0 Å². The van der Waals surface area contributed by atoms with Gasteiger partial charge in [-0.15, -0.1) is 0 Å². The van der Waals surface area contributed by atoms with Gasteiger partial charge in [-0.1, -0.05) is 18.2 Å². The highest BCUT2D eigenvalue weighted by Gasteiger charge is 2.22. The van der Waals surface area contributed by atoms with Crippen molar-refractivity contribution in [3.05, 3.63) is 54.0 Å². The molecule has 0 bridgehead atoms. The minimum atomic E-state index is -0.982.